The Kier molecular flexibility index (Phi) is 4.79. The number of aromatic nitrogens is 1. The highest BCUT2D eigenvalue weighted by molar-refractivity contribution is 7.11. The fraction of sp³-hybridized carbons (Fsp3) is 0.429. The first-order valence-electron chi connectivity index (χ1n) is 6.55. The van der Waals surface area contributed by atoms with E-state index >= 15 is 0 Å². The molecule has 0 saturated carbocycles. The average Bonchev–Trinajstić information content (AvgIpc) is 3.05. The molecular weight excluding hydrogens is 274 g/mol. The molecule has 2 aromatic rings. The van der Waals surface area contributed by atoms with Crippen molar-refractivity contribution >= 4 is 17.4 Å². The Balaban J connectivity index is 1.84. The van der Waals surface area contributed by atoms with E-state index in [9.17, 15) is 4.79 Å². The topological polar surface area (TPSA) is 58.4 Å². The average molecular weight is 293 g/mol. The number of hydrogen-bond donors (Lipinski definition) is 1. The molecule has 0 aliphatic carbocycles. The molecule has 0 spiro atoms. The Morgan fingerprint density at radius 1 is 1.55 bits per heavy atom. The Hall–Kier alpha value is -1.82. The normalized spacial score (nSPS) is 10.6. The van der Waals surface area contributed by atoms with Crippen LogP contribution in [0.25, 0.3) is 0 Å². The summed E-state index contributed by atoms with van der Waals surface area (Å²) in [6, 6.07) is 1.75. The fourth-order valence-corrected chi connectivity index (χ4v) is 2.68. The van der Waals surface area contributed by atoms with E-state index in [4.69, 9.17) is 4.42 Å². The smallest absolute Gasteiger partial charge is 0.317 e. The van der Waals surface area contributed by atoms with Gasteiger partial charge in [-0.15, -0.1) is 11.3 Å². The van der Waals surface area contributed by atoms with Gasteiger partial charge in [-0.2, -0.15) is 0 Å². The van der Waals surface area contributed by atoms with Gasteiger partial charge in [0.2, 0.25) is 0 Å². The number of carbonyl (C=O) groups is 1. The molecule has 0 bridgehead atoms. The number of nitrogens with one attached hydrogen (secondary N) is 1. The second-order valence-electron chi connectivity index (χ2n) is 4.59. The third kappa shape index (κ3) is 3.60. The molecule has 0 fully saturated rings. The molecule has 0 aliphatic heterocycles. The molecule has 6 heteroatoms. The highest BCUT2D eigenvalue weighted by atomic mass is 32.1. The molecular formula is C14H19N3O2S. The number of hydrogen-bond acceptors (Lipinski definition) is 4. The lowest BCUT2D eigenvalue weighted by molar-refractivity contribution is 0.206. The van der Waals surface area contributed by atoms with Crippen LogP contribution >= 0.6 is 11.3 Å². The predicted octanol–water partition coefficient (Wildman–Crippen LogP) is 2.95. The van der Waals surface area contributed by atoms with Gasteiger partial charge in [0.05, 0.1) is 12.8 Å². The van der Waals surface area contributed by atoms with Gasteiger partial charge in [0.15, 0.2) is 0 Å². The Labute approximate surface area is 122 Å². The maximum atomic E-state index is 12.0. The molecule has 0 unspecified atom stereocenters. The number of urea groups is 1. The highest BCUT2D eigenvalue weighted by Gasteiger charge is 2.12. The first-order valence-corrected chi connectivity index (χ1v) is 7.37. The van der Waals surface area contributed by atoms with E-state index in [1.165, 1.54) is 4.88 Å². The van der Waals surface area contributed by atoms with Gasteiger partial charge in [-0.05, 0) is 19.4 Å². The van der Waals surface area contributed by atoms with Crippen molar-refractivity contribution in [2.75, 3.05) is 7.05 Å². The number of amides is 2. The van der Waals surface area contributed by atoms with Crippen LogP contribution in [0, 0.1) is 6.92 Å². The number of thiazole rings is 1. The van der Waals surface area contributed by atoms with Crippen LogP contribution in [0.15, 0.2) is 22.9 Å². The van der Waals surface area contributed by atoms with Crippen LogP contribution in [0.1, 0.15) is 28.1 Å². The second kappa shape index (κ2) is 6.56. The van der Waals surface area contributed by atoms with Gasteiger partial charge in [0.1, 0.15) is 10.8 Å². The molecule has 108 valence electrons. The zero-order chi connectivity index (χ0) is 14.5. The van der Waals surface area contributed by atoms with E-state index in [1.807, 2.05) is 19.2 Å². The molecule has 2 heterocycles. The molecule has 5 nitrogen and oxygen atoms in total. The minimum Gasteiger partial charge on any atom is -0.469 e. The number of nitrogens with zero attached hydrogens (tertiary/aromatic N) is 2. The lowest BCUT2D eigenvalue weighted by Gasteiger charge is -2.16. The van der Waals surface area contributed by atoms with Gasteiger partial charge >= 0.3 is 6.03 Å². The minimum absolute atomic E-state index is 0.112. The van der Waals surface area contributed by atoms with Crippen molar-refractivity contribution in [1.82, 2.24) is 15.2 Å². The standard InChI is InChI=1S/C14H19N3O2S/c1-4-12-8-15-13(20-12)9-17(3)14(18)16-7-11-5-6-19-10(11)2/h5-6,8H,4,7,9H2,1-3H3,(H,16,18). The summed E-state index contributed by atoms with van der Waals surface area (Å²) in [5.41, 5.74) is 0.995. The lowest BCUT2D eigenvalue weighted by Crippen LogP contribution is -2.36. The number of aryl methyl sites for hydroxylation is 2. The summed E-state index contributed by atoms with van der Waals surface area (Å²) >= 11 is 1.65. The first kappa shape index (κ1) is 14.6. The summed E-state index contributed by atoms with van der Waals surface area (Å²) in [7, 11) is 1.77. The van der Waals surface area contributed by atoms with Crippen LogP contribution in [0.5, 0.6) is 0 Å². The molecule has 0 atom stereocenters. The summed E-state index contributed by atoms with van der Waals surface area (Å²) in [5, 5.41) is 3.83. The van der Waals surface area contributed by atoms with Gasteiger partial charge in [-0.25, -0.2) is 9.78 Å². The monoisotopic (exact) mass is 293 g/mol. The molecule has 0 aliphatic rings. The summed E-state index contributed by atoms with van der Waals surface area (Å²) in [5.74, 6) is 0.834. The van der Waals surface area contributed by atoms with Crippen molar-refractivity contribution < 1.29 is 9.21 Å². The van der Waals surface area contributed by atoms with Crippen molar-refractivity contribution in [2.45, 2.75) is 33.4 Å². The van der Waals surface area contributed by atoms with Gasteiger partial charge in [0.25, 0.3) is 0 Å². The summed E-state index contributed by atoms with van der Waals surface area (Å²) < 4.78 is 5.19. The van der Waals surface area contributed by atoms with Gasteiger partial charge in [0, 0.05) is 30.2 Å². The van der Waals surface area contributed by atoms with Crippen molar-refractivity contribution in [3.8, 4) is 0 Å². The quantitative estimate of drug-likeness (QED) is 0.922. The molecule has 0 saturated heterocycles. The van der Waals surface area contributed by atoms with E-state index in [0.29, 0.717) is 13.1 Å². The Morgan fingerprint density at radius 2 is 2.35 bits per heavy atom. The van der Waals surface area contributed by atoms with Crippen LogP contribution in [-0.2, 0) is 19.5 Å². The second-order valence-corrected chi connectivity index (χ2v) is 5.79. The first-order chi connectivity index (χ1) is 9.60. The largest absolute Gasteiger partial charge is 0.469 e. The van der Waals surface area contributed by atoms with Crippen LogP contribution in [0.4, 0.5) is 4.79 Å². The Morgan fingerprint density at radius 3 is 2.95 bits per heavy atom. The van der Waals surface area contributed by atoms with Crippen molar-refractivity contribution in [1.29, 1.82) is 0 Å². The maximum absolute atomic E-state index is 12.0. The molecule has 2 amide bonds. The molecule has 20 heavy (non-hydrogen) atoms. The highest BCUT2D eigenvalue weighted by Crippen LogP contribution is 2.15. The van der Waals surface area contributed by atoms with Crippen molar-refractivity contribution in [3.63, 3.8) is 0 Å². The summed E-state index contributed by atoms with van der Waals surface area (Å²) in [6.45, 7) is 4.98. The zero-order valence-corrected chi connectivity index (χ0v) is 12.8. The van der Waals surface area contributed by atoms with E-state index in [1.54, 1.807) is 29.5 Å². The number of carbonyl (C=O) groups excluding carboxylic acids is 1. The molecule has 2 aromatic heterocycles. The molecule has 2 rings (SSSR count). The van der Waals surface area contributed by atoms with E-state index < -0.39 is 0 Å². The third-order valence-electron chi connectivity index (χ3n) is 3.07. The van der Waals surface area contributed by atoms with Crippen LogP contribution < -0.4 is 5.32 Å². The molecule has 1 N–H and O–H groups in total. The third-order valence-corrected chi connectivity index (χ3v) is 4.19. The van der Waals surface area contributed by atoms with Crippen LogP contribution in [0.3, 0.4) is 0 Å². The summed E-state index contributed by atoms with van der Waals surface area (Å²) in [6.07, 6.45) is 4.48. The number of furan rings is 1. The van der Waals surface area contributed by atoms with Gasteiger partial charge in [-0.1, -0.05) is 6.92 Å². The van der Waals surface area contributed by atoms with Gasteiger partial charge in [-0.3, -0.25) is 0 Å². The van der Waals surface area contributed by atoms with E-state index in [-0.39, 0.29) is 6.03 Å². The predicted molar refractivity (Wildman–Crippen MR) is 78.6 cm³/mol. The Bertz CT molecular complexity index is 576. The zero-order valence-electron chi connectivity index (χ0n) is 12.0. The van der Waals surface area contributed by atoms with E-state index in [0.717, 1.165) is 22.8 Å². The fourth-order valence-electron chi connectivity index (χ4n) is 1.76. The maximum Gasteiger partial charge on any atom is 0.317 e. The van der Waals surface area contributed by atoms with Gasteiger partial charge < -0.3 is 14.6 Å². The lowest BCUT2D eigenvalue weighted by atomic mass is 10.2. The van der Waals surface area contributed by atoms with Crippen molar-refractivity contribution in [3.05, 3.63) is 39.7 Å². The SMILES string of the molecule is CCc1cnc(CN(C)C(=O)NCc2ccoc2C)s1. The molecule has 0 radical (unpaired) electrons. The molecule has 0 aromatic carbocycles. The van der Waals surface area contributed by atoms with E-state index in [2.05, 4.69) is 17.2 Å². The van der Waals surface area contributed by atoms with Crippen molar-refractivity contribution in [2.24, 2.45) is 0 Å². The summed E-state index contributed by atoms with van der Waals surface area (Å²) in [4.78, 5) is 19.2. The minimum atomic E-state index is -0.112. The van der Waals surface area contributed by atoms with Crippen LogP contribution in [0.2, 0.25) is 0 Å². The number of rotatable bonds is 5. The van der Waals surface area contributed by atoms with Crippen LogP contribution in [-0.4, -0.2) is 23.0 Å².